The van der Waals surface area contributed by atoms with Crippen LogP contribution in [-0.2, 0) is 11.3 Å². The minimum Gasteiger partial charge on any atom is -0.271 e. The molecule has 0 saturated carbocycles. The molecule has 2 rings (SSSR count). The maximum Gasteiger partial charge on any atom is 0.261 e. The van der Waals surface area contributed by atoms with E-state index in [-0.39, 0.29) is 12.5 Å². The molecule has 0 unspecified atom stereocenters. The number of rotatable bonds is 4. The fourth-order valence-electron chi connectivity index (χ4n) is 1.72. The highest BCUT2D eigenvalue weighted by Crippen LogP contribution is 2.01. The van der Waals surface area contributed by atoms with Crippen molar-refractivity contribution in [2.75, 3.05) is 0 Å². The van der Waals surface area contributed by atoms with Crippen molar-refractivity contribution in [3.8, 4) is 0 Å². The number of hydrogen-bond acceptors (Lipinski definition) is 3. The highest BCUT2D eigenvalue weighted by atomic mass is 16.2. The Morgan fingerprint density at radius 3 is 2.74 bits per heavy atom. The first kappa shape index (κ1) is 13.0. The van der Waals surface area contributed by atoms with Crippen LogP contribution < -0.4 is 5.43 Å². The van der Waals surface area contributed by atoms with Crippen molar-refractivity contribution in [3.05, 3.63) is 53.3 Å². The molecule has 98 valence electrons. The number of aryl methyl sites for hydroxylation is 2. The molecule has 1 amide bonds. The van der Waals surface area contributed by atoms with Crippen molar-refractivity contribution >= 4 is 12.1 Å². The summed E-state index contributed by atoms with van der Waals surface area (Å²) in [6.45, 7) is 3.99. The molecule has 1 N–H and O–H groups in total. The third-order valence-electron chi connectivity index (χ3n) is 2.60. The molecule has 0 radical (unpaired) electrons. The number of carbonyl (C=O) groups is 1. The smallest absolute Gasteiger partial charge is 0.261 e. The zero-order chi connectivity index (χ0) is 13.7. The van der Waals surface area contributed by atoms with Crippen LogP contribution in [0.4, 0.5) is 0 Å². The molecule has 2 aromatic rings. The second kappa shape index (κ2) is 5.95. The minimum atomic E-state index is -0.196. The lowest BCUT2D eigenvalue weighted by Gasteiger charge is -2.02. The van der Waals surface area contributed by atoms with Crippen LogP contribution in [-0.4, -0.2) is 21.9 Å². The van der Waals surface area contributed by atoms with Gasteiger partial charge >= 0.3 is 0 Å². The molecule has 5 nitrogen and oxygen atoms in total. The van der Waals surface area contributed by atoms with Crippen LogP contribution in [0.3, 0.4) is 0 Å². The molecule has 19 heavy (non-hydrogen) atoms. The molecule has 0 aliphatic carbocycles. The van der Waals surface area contributed by atoms with E-state index in [0.29, 0.717) is 0 Å². The van der Waals surface area contributed by atoms with Crippen molar-refractivity contribution in [3.63, 3.8) is 0 Å². The Hall–Kier alpha value is -2.43. The summed E-state index contributed by atoms with van der Waals surface area (Å²) in [5.74, 6) is -0.196. The van der Waals surface area contributed by atoms with Crippen molar-refractivity contribution in [2.45, 2.75) is 20.4 Å². The molecule has 1 aromatic carbocycles. The first-order valence-electron chi connectivity index (χ1n) is 6.03. The zero-order valence-electron chi connectivity index (χ0n) is 11.0. The number of nitrogens with zero attached hydrogens (tertiary/aromatic N) is 3. The van der Waals surface area contributed by atoms with Crippen LogP contribution in [0.15, 0.2) is 41.5 Å². The van der Waals surface area contributed by atoms with Gasteiger partial charge < -0.3 is 0 Å². The second-order valence-corrected chi connectivity index (χ2v) is 4.29. The predicted octanol–water partition coefficient (Wildman–Crippen LogP) is 1.65. The van der Waals surface area contributed by atoms with E-state index in [1.807, 2.05) is 50.2 Å². The number of hydrogen-bond donors (Lipinski definition) is 1. The first-order valence-corrected chi connectivity index (χ1v) is 6.03. The molecule has 1 aromatic heterocycles. The summed E-state index contributed by atoms with van der Waals surface area (Å²) in [6, 6.07) is 11.5. The second-order valence-electron chi connectivity index (χ2n) is 4.29. The highest BCUT2D eigenvalue weighted by Gasteiger charge is 2.05. The van der Waals surface area contributed by atoms with E-state index >= 15 is 0 Å². The highest BCUT2D eigenvalue weighted by molar-refractivity contribution is 5.82. The molecule has 0 aliphatic rings. The summed E-state index contributed by atoms with van der Waals surface area (Å²) in [5, 5.41) is 8.13. The van der Waals surface area contributed by atoms with Gasteiger partial charge in [0.25, 0.3) is 5.91 Å². The lowest BCUT2D eigenvalue weighted by Crippen LogP contribution is -2.24. The minimum absolute atomic E-state index is 0.172. The van der Waals surface area contributed by atoms with E-state index in [4.69, 9.17) is 0 Å². The number of amides is 1. The molecule has 0 saturated heterocycles. The van der Waals surface area contributed by atoms with E-state index < -0.39 is 0 Å². The van der Waals surface area contributed by atoms with Gasteiger partial charge in [-0.1, -0.05) is 30.3 Å². The third-order valence-corrected chi connectivity index (χ3v) is 2.60. The van der Waals surface area contributed by atoms with E-state index in [2.05, 4.69) is 15.6 Å². The summed E-state index contributed by atoms with van der Waals surface area (Å²) in [5.41, 5.74) is 5.28. The Morgan fingerprint density at radius 1 is 1.37 bits per heavy atom. The Morgan fingerprint density at radius 2 is 2.11 bits per heavy atom. The van der Waals surface area contributed by atoms with Crippen LogP contribution in [0.1, 0.15) is 17.0 Å². The zero-order valence-corrected chi connectivity index (χ0v) is 11.0. The van der Waals surface area contributed by atoms with Crippen molar-refractivity contribution in [1.29, 1.82) is 0 Å². The largest absolute Gasteiger partial charge is 0.271 e. The molecule has 0 bridgehead atoms. The molecule has 5 heteroatoms. The van der Waals surface area contributed by atoms with Crippen LogP contribution in [0.5, 0.6) is 0 Å². The molecule has 0 spiro atoms. The van der Waals surface area contributed by atoms with Gasteiger partial charge in [0.05, 0.1) is 11.9 Å². The predicted molar refractivity (Wildman–Crippen MR) is 73.9 cm³/mol. The Balaban J connectivity index is 1.88. The number of hydrazone groups is 1. The average molecular weight is 256 g/mol. The van der Waals surface area contributed by atoms with Crippen molar-refractivity contribution < 1.29 is 4.79 Å². The fraction of sp³-hybridized carbons (Fsp3) is 0.214. The quantitative estimate of drug-likeness (QED) is 0.668. The van der Waals surface area contributed by atoms with E-state index in [9.17, 15) is 4.79 Å². The maximum atomic E-state index is 11.7. The summed E-state index contributed by atoms with van der Waals surface area (Å²) < 4.78 is 1.66. The standard InChI is InChI=1S/C14H16N4O/c1-11-8-12(2)18(17-11)10-14(19)16-15-9-13-6-4-3-5-7-13/h3-9H,10H2,1-2H3,(H,16,19)/b15-9-. The maximum absolute atomic E-state index is 11.7. The van der Waals surface area contributed by atoms with Gasteiger partial charge in [0.15, 0.2) is 0 Å². The molecule has 0 aliphatic heterocycles. The summed E-state index contributed by atoms with van der Waals surface area (Å²) in [6.07, 6.45) is 1.61. The summed E-state index contributed by atoms with van der Waals surface area (Å²) >= 11 is 0. The van der Waals surface area contributed by atoms with Gasteiger partial charge in [-0.25, -0.2) is 5.43 Å². The first-order chi connectivity index (χ1) is 9.15. The lowest BCUT2D eigenvalue weighted by molar-refractivity contribution is -0.121. The van der Waals surface area contributed by atoms with E-state index in [1.165, 1.54) is 0 Å². The van der Waals surface area contributed by atoms with Crippen molar-refractivity contribution in [2.24, 2.45) is 5.10 Å². The van der Waals surface area contributed by atoms with Crippen LogP contribution >= 0.6 is 0 Å². The number of benzene rings is 1. The van der Waals surface area contributed by atoms with Gasteiger partial charge in [-0.05, 0) is 25.5 Å². The Bertz CT molecular complexity index is 587. The summed E-state index contributed by atoms with van der Waals surface area (Å²) in [7, 11) is 0. The van der Waals surface area contributed by atoms with Gasteiger partial charge in [0.2, 0.25) is 0 Å². The van der Waals surface area contributed by atoms with E-state index in [0.717, 1.165) is 17.0 Å². The van der Waals surface area contributed by atoms with Crippen LogP contribution in [0, 0.1) is 13.8 Å². The van der Waals surface area contributed by atoms with Crippen LogP contribution in [0.2, 0.25) is 0 Å². The van der Waals surface area contributed by atoms with E-state index in [1.54, 1.807) is 10.9 Å². The number of nitrogens with one attached hydrogen (secondary N) is 1. The third kappa shape index (κ3) is 3.77. The molecular weight excluding hydrogens is 240 g/mol. The molecule has 1 heterocycles. The fourth-order valence-corrected chi connectivity index (χ4v) is 1.72. The number of carbonyl (C=O) groups excluding carboxylic acids is 1. The molecule has 0 fully saturated rings. The normalized spacial score (nSPS) is 10.8. The van der Waals surface area contributed by atoms with Crippen molar-refractivity contribution in [1.82, 2.24) is 15.2 Å². The van der Waals surface area contributed by atoms with Gasteiger partial charge in [0, 0.05) is 5.69 Å². The SMILES string of the molecule is Cc1cc(C)n(CC(=O)N/N=C\c2ccccc2)n1. The van der Waals surface area contributed by atoms with Gasteiger partial charge in [-0.15, -0.1) is 0 Å². The molecular formula is C14H16N4O. The Labute approximate surface area is 111 Å². The monoisotopic (exact) mass is 256 g/mol. The topological polar surface area (TPSA) is 59.3 Å². The number of aromatic nitrogens is 2. The summed E-state index contributed by atoms with van der Waals surface area (Å²) in [4.78, 5) is 11.7. The van der Waals surface area contributed by atoms with Crippen LogP contribution in [0.25, 0.3) is 0 Å². The molecule has 0 atom stereocenters. The average Bonchev–Trinajstić information content (AvgIpc) is 2.69. The van der Waals surface area contributed by atoms with Gasteiger partial charge in [0.1, 0.15) is 6.54 Å². The van der Waals surface area contributed by atoms with Gasteiger partial charge in [-0.3, -0.25) is 9.48 Å². The Kier molecular flexibility index (Phi) is 4.07. The lowest BCUT2D eigenvalue weighted by atomic mass is 10.2. The van der Waals surface area contributed by atoms with Gasteiger partial charge in [-0.2, -0.15) is 10.2 Å².